The fourth-order valence-corrected chi connectivity index (χ4v) is 6.85. The van der Waals surface area contributed by atoms with Crippen LogP contribution in [0.25, 0.3) is 22.5 Å². The topological polar surface area (TPSA) is 159 Å². The van der Waals surface area contributed by atoms with E-state index in [0.29, 0.717) is 11.6 Å². The highest BCUT2D eigenvalue weighted by Crippen LogP contribution is 2.24. The summed E-state index contributed by atoms with van der Waals surface area (Å²) in [5.41, 5.74) is 10.2. The second-order valence-corrected chi connectivity index (χ2v) is 15.6. The lowest BCUT2D eigenvalue weighted by atomic mass is 10.1. The lowest BCUT2D eigenvalue weighted by Gasteiger charge is -2.36. The molecule has 1 N–H and O–H groups in total. The van der Waals surface area contributed by atoms with Crippen molar-refractivity contribution in [3.05, 3.63) is 120 Å². The number of piperazine rings is 2. The number of anilines is 3. The lowest BCUT2D eigenvalue weighted by Crippen LogP contribution is -2.47. The Morgan fingerprint density at radius 1 is 0.589 bits per heavy atom. The first-order valence-corrected chi connectivity index (χ1v) is 20.5. The molecule has 0 saturated carbocycles. The van der Waals surface area contributed by atoms with Gasteiger partial charge < -0.3 is 20.0 Å². The fraction of sp³-hybridized carbons (Fsp3) is 0.317. The molecule has 290 valence electrons. The van der Waals surface area contributed by atoms with Crippen LogP contribution in [0.3, 0.4) is 0 Å². The van der Waals surface area contributed by atoms with Crippen LogP contribution in [-0.2, 0) is 9.84 Å². The number of pyridine rings is 2. The van der Waals surface area contributed by atoms with E-state index in [1.807, 2.05) is 69.6 Å². The summed E-state index contributed by atoms with van der Waals surface area (Å²) in [6.45, 7) is 16.1. The van der Waals surface area contributed by atoms with Crippen LogP contribution in [0.15, 0.2) is 103 Å². The van der Waals surface area contributed by atoms with Crippen LogP contribution in [0.2, 0.25) is 0 Å². The highest BCUT2D eigenvalue weighted by molar-refractivity contribution is 7.90. The molecule has 2 fully saturated rings. The van der Waals surface area contributed by atoms with Gasteiger partial charge in [-0.2, -0.15) is 10.2 Å². The molecule has 2 saturated heterocycles. The van der Waals surface area contributed by atoms with Crippen molar-refractivity contribution in [3.63, 3.8) is 0 Å². The fourth-order valence-electron chi connectivity index (χ4n) is 6.39. The third-order valence-electron chi connectivity index (χ3n) is 9.43. The number of nitrogens with zero attached hydrogens (tertiary/aromatic N) is 11. The van der Waals surface area contributed by atoms with Gasteiger partial charge in [0.05, 0.1) is 23.8 Å². The average molecular weight is 773 g/mol. The number of sulfone groups is 1. The highest BCUT2D eigenvalue weighted by atomic mass is 32.2. The molecule has 0 spiro atoms. The van der Waals surface area contributed by atoms with Gasteiger partial charge in [0.1, 0.15) is 0 Å². The smallest absolute Gasteiger partial charge is 0.267 e. The summed E-state index contributed by atoms with van der Waals surface area (Å²) in [5.74, 6) is 0.705. The molecule has 14 nitrogen and oxygen atoms in total. The zero-order valence-electron chi connectivity index (χ0n) is 32.5. The van der Waals surface area contributed by atoms with E-state index in [9.17, 15) is 8.42 Å². The Bertz CT molecular complexity index is 2330. The molecule has 0 atom stereocenters. The van der Waals surface area contributed by atoms with Gasteiger partial charge in [-0.25, -0.2) is 18.4 Å². The van der Waals surface area contributed by atoms with E-state index < -0.39 is 9.84 Å². The standard InChI is InChI=1S/C20H22N6.C11H11N3O2S.C10H15N3/c1-15-5-3-4-6-18(15)19-14-22-24-20(23-19)26-11-9-25(10-12-26)17-7-8-21-16(2)13-17;1-8-5-3-4-6-9(8)10-7-12-14-11(13-10)17(2,15)16;1-9-8-10(2-3-12-9)13-6-4-11-5-7-13/h3-8,13-14H,9-12H2,1-2H3;3-7H,1-2H3;2-3,8,11H,4-7H2,1H3. The van der Waals surface area contributed by atoms with E-state index in [0.717, 1.165) is 92.4 Å². The maximum absolute atomic E-state index is 11.3. The van der Waals surface area contributed by atoms with Gasteiger partial charge in [0.2, 0.25) is 15.8 Å². The maximum Gasteiger partial charge on any atom is 0.267 e. The average Bonchev–Trinajstić information content (AvgIpc) is 3.22. The molecule has 15 heteroatoms. The van der Waals surface area contributed by atoms with Crippen molar-refractivity contribution in [1.82, 2.24) is 45.6 Å². The van der Waals surface area contributed by atoms with Gasteiger partial charge in [0, 0.05) is 105 Å². The minimum absolute atomic E-state index is 0.252. The minimum atomic E-state index is -3.43. The van der Waals surface area contributed by atoms with Crippen LogP contribution in [0.5, 0.6) is 0 Å². The molecule has 56 heavy (non-hydrogen) atoms. The van der Waals surface area contributed by atoms with E-state index in [1.54, 1.807) is 6.20 Å². The predicted molar refractivity (Wildman–Crippen MR) is 221 cm³/mol. The second kappa shape index (κ2) is 18.6. The van der Waals surface area contributed by atoms with Gasteiger partial charge in [0.25, 0.3) is 5.16 Å². The summed E-state index contributed by atoms with van der Waals surface area (Å²) < 4.78 is 22.7. The van der Waals surface area contributed by atoms with Gasteiger partial charge in [-0.1, -0.05) is 48.5 Å². The third-order valence-corrected chi connectivity index (χ3v) is 10.3. The van der Waals surface area contributed by atoms with Crippen molar-refractivity contribution in [2.24, 2.45) is 0 Å². The Morgan fingerprint density at radius 2 is 1.07 bits per heavy atom. The number of hydrogen-bond acceptors (Lipinski definition) is 14. The highest BCUT2D eigenvalue weighted by Gasteiger charge is 2.21. The Kier molecular flexibility index (Phi) is 13.2. The molecule has 0 unspecified atom stereocenters. The molecule has 0 amide bonds. The second-order valence-electron chi connectivity index (χ2n) is 13.7. The zero-order valence-corrected chi connectivity index (χ0v) is 33.4. The van der Waals surface area contributed by atoms with Crippen LogP contribution in [0.4, 0.5) is 17.3 Å². The van der Waals surface area contributed by atoms with Crippen LogP contribution in [-0.4, -0.2) is 107 Å². The van der Waals surface area contributed by atoms with Crippen molar-refractivity contribution in [2.75, 3.05) is 73.3 Å². The lowest BCUT2D eigenvalue weighted by molar-refractivity contribution is 0.589. The Labute approximate surface area is 329 Å². The largest absolute Gasteiger partial charge is 0.369 e. The van der Waals surface area contributed by atoms with E-state index in [1.165, 1.54) is 23.1 Å². The summed E-state index contributed by atoms with van der Waals surface area (Å²) >= 11 is 0. The normalized spacial score (nSPS) is 14.3. The van der Waals surface area contributed by atoms with Gasteiger partial charge in [-0.3, -0.25) is 9.97 Å². The van der Waals surface area contributed by atoms with Crippen LogP contribution in [0.1, 0.15) is 22.5 Å². The van der Waals surface area contributed by atoms with E-state index in [2.05, 4.69) is 98.7 Å². The van der Waals surface area contributed by atoms with Crippen molar-refractivity contribution in [3.8, 4) is 22.5 Å². The number of aromatic nitrogens is 8. The van der Waals surface area contributed by atoms with Crippen LogP contribution < -0.4 is 20.0 Å². The maximum atomic E-state index is 11.3. The zero-order chi connectivity index (χ0) is 39.5. The molecule has 2 aliphatic heterocycles. The van der Waals surface area contributed by atoms with Crippen LogP contribution in [0, 0.1) is 27.7 Å². The van der Waals surface area contributed by atoms with Crippen molar-refractivity contribution in [1.29, 1.82) is 0 Å². The van der Waals surface area contributed by atoms with Crippen molar-refractivity contribution >= 4 is 27.2 Å². The van der Waals surface area contributed by atoms with Crippen LogP contribution >= 0.6 is 0 Å². The number of benzene rings is 2. The molecule has 0 radical (unpaired) electrons. The number of hydrogen-bond donors (Lipinski definition) is 1. The molecule has 8 rings (SSSR count). The van der Waals surface area contributed by atoms with Crippen molar-refractivity contribution < 1.29 is 8.42 Å². The molecular weight excluding hydrogens is 725 g/mol. The SMILES string of the molecule is Cc1cc(N2CCN(c3nncc(-c4ccccc4C)n3)CC2)ccn1.Cc1cc(N2CCNCC2)ccn1.Cc1ccccc1-c1cnnc(S(C)(=O)=O)n1. The Hall–Kier alpha value is -5.93. The monoisotopic (exact) mass is 772 g/mol. The number of nitrogens with one attached hydrogen (secondary N) is 1. The van der Waals surface area contributed by atoms with Crippen molar-refractivity contribution in [2.45, 2.75) is 32.9 Å². The first-order valence-electron chi connectivity index (χ1n) is 18.6. The molecule has 6 aromatic rings. The minimum Gasteiger partial charge on any atom is -0.369 e. The summed E-state index contributed by atoms with van der Waals surface area (Å²) in [6, 6.07) is 24.2. The van der Waals surface area contributed by atoms with E-state index >= 15 is 0 Å². The van der Waals surface area contributed by atoms with E-state index in [4.69, 9.17) is 4.98 Å². The quantitative estimate of drug-likeness (QED) is 0.243. The van der Waals surface area contributed by atoms with Gasteiger partial charge in [-0.05, 0) is 63.1 Å². The first kappa shape index (κ1) is 39.8. The summed E-state index contributed by atoms with van der Waals surface area (Å²) in [5, 5.41) is 18.7. The molecule has 0 aliphatic carbocycles. The first-order chi connectivity index (χ1) is 27.0. The molecule has 0 bridgehead atoms. The predicted octanol–water partition coefficient (Wildman–Crippen LogP) is 4.93. The Balaban J connectivity index is 0.000000153. The summed E-state index contributed by atoms with van der Waals surface area (Å²) in [7, 11) is -3.43. The van der Waals surface area contributed by atoms with Gasteiger partial charge in [0.15, 0.2) is 0 Å². The molecule has 2 aliphatic rings. The number of aryl methyl sites for hydroxylation is 4. The molecular formula is C41H48N12O2S. The Morgan fingerprint density at radius 3 is 1.59 bits per heavy atom. The van der Waals surface area contributed by atoms with Gasteiger partial charge >= 0.3 is 0 Å². The van der Waals surface area contributed by atoms with E-state index in [-0.39, 0.29) is 5.16 Å². The summed E-state index contributed by atoms with van der Waals surface area (Å²) in [4.78, 5) is 24.2. The molecule has 2 aromatic carbocycles. The molecule has 6 heterocycles. The number of rotatable bonds is 6. The van der Waals surface area contributed by atoms with Gasteiger partial charge in [-0.15, -0.1) is 10.2 Å². The third kappa shape index (κ3) is 10.6. The summed E-state index contributed by atoms with van der Waals surface area (Å²) in [6.07, 6.45) is 8.01. The molecule has 4 aromatic heterocycles.